The molecule has 0 fully saturated rings. The Balaban J connectivity index is 2.90. The van der Waals surface area contributed by atoms with E-state index in [4.69, 9.17) is 5.73 Å². The molecule has 1 unspecified atom stereocenters. The maximum absolute atomic E-state index is 12.3. The van der Waals surface area contributed by atoms with E-state index in [1.165, 1.54) is 0 Å². The molecule has 0 heterocycles. The van der Waals surface area contributed by atoms with Crippen LogP contribution in [0.3, 0.4) is 0 Å². The molecule has 4 nitrogen and oxygen atoms in total. The van der Waals surface area contributed by atoms with Gasteiger partial charge in [0.2, 0.25) is 0 Å². The number of nitrogens with two attached hydrogens (primary N) is 1. The molecule has 1 rings (SSSR count). The van der Waals surface area contributed by atoms with E-state index in [0.717, 1.165) is 10.0 Å². The van der Waals surface area contributed by atoms with Crippen molar-refractivity contribution in [2.24, 2.45) is 0 Å². The normalized spacial score (nSPS) is 12.3. The smallest absolute Gasteiger partial charge is 0.253 e. The van der Waals surface area contributed by atoms with Crippen LogP contribution in [0.2, 0.25) is 0 Å². The van der Waals surface area contributed by atoms with Crippen molar-refractivity contribution in [2.45, 2.75) is 26.4 Å². The van der Waals surface area contributed by atoms with E-state index in [1.807, 2.05) is 6.92 Å². The van der Waals surface area contributed by atoms with Crippen molar-refractivity contribution >= 4 is 27.5 Å². The van der Waals surface area contributed by atoms with Crippen molar-refractivity contribution < 1.29 is 9.90 Å². The van der Waals surface area contributed by atoms with E-state index >= 15 is 0 Å². The third-order valence-electron chi connectivity index (χ3n) is 2.87. The summed E-state index contributed by atoms with van der Waals surface area (Å²) in [6, 6.07) is 3.55. The summed E-state index contributed by atoms with van der Waals surface area (Å²) in [5.41, 5.74) is 7.81. The largest absolute Gasteiger partial charge is 0.398 e. The lowest BCUT2D eigenvalue weighted by atomic mass is 10.1. The Bertz CT molecular complexity index is 447. The van der Waals surface area contributed by atoms with Gasteiger partial charge in [0, 0.05) is 29.3 Å². The summed E-state index contributed by atoms with van der Waals surface area (Å²) < 4.78 is 0.790. The molecule has 0 aliphatic heterocycles. The Morgan fingerprint density at radius 3 is 2.72 bits per heavy atom. The van der Waals surface area contributed by atoms with Gasteiger partial charge in [-0.2, -0.15) is 0 Å². The molecule has 0 aliphatic rings. The summed E-state index contributed by atoms with van der Waals surface area (Å²) >= 11 is 3.34. The molecule has 100 valence electrons. The summed E-state index contributed by atoms with van der Waals surface area (Å²) in [7, 11) is 1.72. The molecular weight excluding hydrogens is 296 g/mol. The third-order valence-corrected chi connectivity index (χ3v) is 3.33. The number of aliphatic hydroxyl groups excluding tert-OH is 1. The number of rotatable bonds is 4. The van der Waals surface area contributed by atoms with E-state index in [1.54, 1.807) is 31.0 Å². The van der Waals surface area contributed by atoms with Crippen LogP contribution < -0.4 is 5.73 Å². The second kappa shape index (κ2) is 6.20. The second-order valence-corrected chi connectivity index (χ2v) is 5.45. The number of halogens is 1. The van der Waals surface area contributed by atoms with Gasteiger partial charge < -0.3 is 15.7 Å². The van der Waals surface area contributed by atoms with E-state index in [2.05, 4.69) is 15.9 Å². The fraction of sp³-hybridized carbons (Fsp3) is 0.462. The number of nitrogen functional groups attached to an aromatic ring is 1. The molecule has 0 radical (unpaired) electrons. The van der Waals surface area contributed by atoms with Gasteiger partial charge in [0.05, 0.1) is 6.10 Å². The van der Waals surface area contributed by atoms with Gasteiger partial charge in [-0.25, -0.2) is 0 Å². The van der Waals surface area contributed by atoms with Crippen molar-refractivity contribution in [3.05, 3.63) is 27.7 Å². The van der Waals surface area contributed by atoms with Crippen LogP contribution in [-0.2, 0) is 0 Å². The zero-order chi connectivity index (χ0) is 13.9. The van der Waals surface area contributed by atoms with Gasteiger partial charge in [-0.1, -0.05) is 15.9 Å². The number of benzene rings is 1. The quantitative estimate of drug-likeness (QED) is 0.837. The molecule has 1 amide bonds. The first-order chi connectivity index (χ1) is 8.32. The number of carbonyl (C=O) groups is 1. The molecule has 1 aromatic carbocycles. The highest BCUT2D eigenvalue weighted by atomic mass is 79.9. The summed E-state index contributed by atoms with van der Waals surface area (Å²) in [5, 5.41) is 9.23. The van der Waals surface area contributed by atoms with Crippen LogP contribution in [-0.4, -0.2) is 35.6 Å². The minimum absolute atomic E-state index is 0.0823. The Kier molecular flexibility index (Phi) is 5.16. The average molecular weight is 315 g/mol. The molecule has 1 atom stereocenters. The van der Waals surface area contributed by atoms with Crippen LogP contribution in [0, 0.1) is 6.92 Å². The minimum atomic E-state index is -0.408. The number of amides is 1. The lowest BCUT2D eigenvalue weighted by molar-refractivity contribution is 0.0768. The predicted molar refractivity (Wildman–Crippen MR) is 76.5 cm³/mol. The van der Waals surface area contributed by atoms with Crippen LogP contribution in [0.15, 0.2) is 16.6 Å². The number of hydrogen-bond acceptors (Lipinski definition) is 3. The number of aliphatic hydroxyl groups is 1. The lowest BCUT2D eigenvalue weighted by Crippen LogP contribution is -2.30. The van der Waals surface area contributed by atoms with E-state index in [9.17, 15) is 9.90 Å². The Morgan fingerprint density at radius 1 is 1.56 bits per heavy atom. The van der Waals surface area contributed by atoms with Gasteiger partial charge in [0.25, 0.3) is 5.91 Å². The van der Waals surface area contributed by atoms with Gasteiger partial charge in [-0.3, -0.25) is 4.79 Å². The molecule has 0 aliphatic carbocycles. The van der Waals surface area contributed by atoms with Gasteiger partial charge in [-0.05, 0) is 38.0 Å². The number of hydrogen-bond donors (Lipinski definition) is 2. The van der Waals surface area contributed by atoms with Crippen molar-refractivity contribution in [3.8, 4) is 0 Å². The zero-order valence-corrected chi connectivity index (χ0v) is 12.5. The number of anilines is 1. The SMILES string of the molecule is Cc1c(N)cc(Br)cc1C(=O)N(C)CCC(C)O. The summed E-state index contributed by atoms with van der Waals surface area (Å²) in [5.74, 6) is -0.0823. The van der Waals surface area contributed by atoms with E-state index in [0.29, 0.717) is 24.2 Å². The topological polar surface area (TPSA) is 66.6 Å². The van der Waals surface area contributed by atoms with Crippen molar-refractivity contribution in [1.29, 1.82) is 0 Å². The predicted octanol–water partition coefficient (Wildman–Crippen LogP) is 2.18. The third kappa shape index (κ3) is 3.71. The standard InChI is InChI=1S/C13H19BrN2O2/c1-8(17)4-5-16(3)13(18)11-6-10(14)7-12(15)9(11)2/h6-8,17H,4-5,15H2,1-3H3. The number of carbonyl (C=O) groups excluding carboxylic acids is 1. The van der Waals surface area contributed by atoms with Gasteiger partial charge in [0.1, 0.15) is 0 Å². The monoisotopic (exact) mass is 314 g/mol. The molecule has 0 bridgehead atoms. The Hall–Kier alpha value is -1.07. The molecule has 1 aromatic rings. The van der Waals surface area contributed by atoms with Gasteiger partial charge >= 0.3 is 0 Å². The van der Waals surface area contributed by atoms with Crippen LogP contribution in [0.5, 0.6) is 0 Å². The lowest BCUT2D eigenvalue weighted by Gasteiger charge is -2.20. The fourth-order valence-corrected chi connectivity index (χ4v) is 2.09. The first-order valence-electron chi connectivity index (χ1n) is 5.82. The number of nitrogens with zero attached hydrogens (tertiary/aromatic N) is 1. The van der Waals surface area contributed by atoms with Crippen LogP contribution in [0.4, 0.5) is 5.69 Å². The average Bonchev–Trinajstić information content (AvgIpc) is 2.29. The molecule has 0 saturated carbocycles. The van der Waals surface area contributed by atoms with E-state index < -0.39 is 6.10 Å². The van der Waals surface area contributed by atoms with Crippen LogP contribution in [0.25, 0.3) is 0 Å². The summed E-state index contributed by atoms with van der Waals surface area (Å²) in [6.07, 6.45) is 0.152. The Labute approximate surface area is 116 Å². The van der Waals surface area contributed by atoms with Crippen LogP contribution >= 0.6 is 15.9 Å². The van der Waals surface area contributed by atoms with Crippen molar-refractivity contribution in [2.75, 3.05) is 19.3 Å². The highest BCUT2D eigenvalue weighted by Gasteiger charge is 2.16. The molecule has 5 heteroatoms. The highest BCUT2D eigenvalue weighted by Crippen LogP contribution is 2.23. The maximum Gasteiger partial charge on any atom is 0.253 e. The molecule has 0 saturated heterocycles. The van der Waals surface area contributed by atoms with Crippen LogP contribution in [0.1, 0.15) is 29.3 Å². The second-order valence-electron chi connectivity index (χ2n) is 4.53. The van der Waals surface area contributed by atoms with Gasteiger partial charge in [-0.15, -0.1) is 0 Å². The first kappa shape index (κ1) is 15.0. The Morgan fingerprint density at radius 2 is 2.17 bits per heavy atom. The molecule has 0 aromatic heterocycles. The van der Waals surface area contributed by atoms with Crippen molar-refractivity contribution in [3.63, 3.8) is 0 Å². The fourth-order valence-electron chi connectivity index (χ4n) is 1.61. The minimum Gasteiger partial charge on any atom is -0.398 e. The summed E-state index contributed by atoms with van der Waals surface area (Å²) in [6.45, 7) is 4.06. The van der Waals surface area contributed by atoms with Gasteiger partial charge in [0.15, 0.2) is 0 Å². The first-order valence-corrected chi connectivity index (χ1v) is 6.61. The highest BCUT2D eigenvalue weighted by molar-refractivity contribution is 9.10. The van der Waals surface area contributed by atoms with Crippen molar-refractivity contribution in [1.82, 2.24) is 4.90 Å². The zero-order valence-electron chi connectivity index (χ0n) is 10.9. The molecular formula is C13H19BrN2O2. The summed E-state index contributed by atoms with van der Waals surface area (Å²) in [4.78, 5) is 13.8. The maximum atomic E-state index is 12.3. The molecule has 3 N–H and O–H groups in total. The molecule has 0 spiro atoms. The van der Waals surface area contributed by atoms with E-state index in [-0.39, 0.29) is 5.91 Å². The molecule has 18 heavy (non-hydrogen) atoms.